The Morgan fingerprint density at radius 2 is 1.95 bits per heavy atom. The van der Waals surface area contributed by atoms with E-state index in [1.165, 1.54) is 11.1 Å². The van der Waals surface area contributed by atoms with Crippen LogP contribution in [0.3, 0.4) is 0 Å². The lowest BCUT2D eigenvalue weighted by molar-refractivity contribution is 0.411. The number of hydrogen-bond acceptors (Lipinski definition) is 3. The number of hydrogen-bond donors (Lipinski definition) is 2. The number of methoxy groups -OCH3 is 1. The van der Waals surface area contributed by atoms with E-state index >= 15 is 0 Å². The first-order chi connectivity index (χ1) is 9.51. The molecule has 2 aromatic rings. The molecule has 0 unspecified atom stereocenters. The van der Waals surface area contributed by atoms with E-state index in [0.717, 1.165) is 21.5 Å². The molecule has 20 heavy (non-hydrogen) atoms. The van der Waals surface area contributed by atoms with Gasteiger partial charge in [-0.05, 0) is 65.2 Å². The van der Waals surface area contributed by atoms with Crippen molar-refractivity contribution in [1.29, 1.82) is 0 Å². The van der Waals surface area contributed by atoms with Crippen molar-refractivity contribution in [2.45, 2.75) is 20.4 Å². The largest absolute Gasteiger partial charge is 0.508 e. The summed E-state index contributed by atoms with van der Waals surface area (Å²) in [5.41, 5.74) is 4.22. The SMILES string of the molecule is COc1ccc(O)c(CNc2c(C)cc(C)cc2Br)c1. The molecule has 0 aromatic heterocycles. The molecule has 2 N–H and O–H groups in total. The lowest BCUT2D eigenvalue weighted by atomic mass is 10.1. The van der Waals surface area contributed by atoms with Gasteiger partial charge in [-0.1, -0.05) is 6.07 Å². The number of phenolic OH excluding ortho intramolecular Hbond substituents is 1. The smallest absolute Gasteiger partial charge is 0.120 e. The Kier molecular flexibility index (Phi) is 4.55. The maximum absolute atomic E-state index is 9.88. The zero-order valence-electron chi connectivity index (χ0n) is 11.8. The third kappa shape index (κ3) is 3.25. The molecule has 3 nitrogen and oxygen atoms in total. The van der Waals surface area contributed by atoms with Crippen LogP contribution < -0.4 is 10.1 Å². The van der Waals surface area contributed by atoms with E-state index in [1.807, 2.05) is 6.07 Å². The summed E-state index contributed by atoms with van der Waals surface area (Å²) in [6.07, 6.45) is 0. The van der Waals surface area contributed by atoms with Gasteiger partial charge in [0.15, 0.2) is 0 Å². The number of phenols is 1. The minimum atomic E-state index is 0.263. The van der Waals surface area contributed by atoms with Gasteiger partial charge in [0, 0.05) is 16.6 Å². The molecule has 0 radical (unpaired) electrons. The van der Waals surface area contributed by atoms with E-state index in [-0.39, 0.29) is 5.75 Å². The molecule has 0 fully saturated rings. The summed E-state index contributed by atoms with van der Waals surface area (Å²) in [7, 11) is 1.62. The Morgan fingerprint density at radius 3 is 2.60 bits per heavy atom. The maximum Gasteiger partial charge on any atom is 0.120 e. The van der Waals surface area contributed by atoms with Gasteiger partial charge >= 0.3 is 0 Å². The number of ether oxygens (including phenoxy) is 1. The topological polar surface area (TPSA) is 41.5 Å². The highest BCUT2D eigenvalue weighted by atomic mass is 79.9. The molecule has 0 amide bonds. The highest BCUT2D eigenvalue weighted by Gasteiger charge is 2.07. The predicted molar refractivity (Wildman–Crippen MR) is 85.6 cm³/mol. The summed E-state index contributed by atoms with van der Waals surface area (Å²) in [5, 5.41) is 13.2. The fourth-order valence-electron chi connectivity index (χ4n) is 2.15. The van der Waals surface area contributed by atoms with Crippen LogP contribution in [-0.2, 0) is 6.54 Å². The van der Waals surface area contributed by atoms with Gasteiger partial charge in [0.2, 0.25) is 0 Å². The maximum atomic E-state index is 9.88. The van der Waals surface area contributed by atoms with Crippen molar-refractivity contribution in [3.8, 4) is 11.5 Å². The first-order valence-electron chi connectivity index (χ1n) is 6.37. The Morgan fingerprint density at radius 1 is 1.20 bits per heavy atom. The van der Waals surface area contributed by atoms with Crippen molar-refractivity contribution >= 4 is 21.6 Å². The van der Waals surface area contributed by atoms with Gasteiger partial charge in [-0.15, -0.1) is 0 Å². The van der Waals surface area contributed by atoms with Crippen molar-refractivity contribution in [2.24, 2.45) is 0 Å². The lowest BCUT2D eigenvalue weighted by Gasteiger charge is -2.14. The van der Waals surface area contributed by atoms with Crippen LogP contribution in [0.5, 0.6) is 11.5 Å². The predicted octanol–water partition coefficient (Wildman–Crippen LogP) is 4.39. The summed E-state index contributed by atoms with van der Waals surface area (Å²) in [4.78, 5) is 0. The highest BCUT2D eigenvalue weighted by Crippen LogP contribution is 2.30. The van der Waals surface area contributed by atoms with Crippen LogP contribution in [0.1, 0.15) is 16.7 Å². The molecule has 4 heteroatoms. The van der Waals surface area contributed by atoms with Crippen LogP contribution in [0.15, 0.2) is 34.8 Å². The van der Waals surface area contributed by atoms with Crippen molar-refractivity contribution in [3.05, 3.63) is 51.5 Å². The Hall–Kier alpha value is -1.68. The molecule has 0 bridgehead atoms. The molecule has 0 spiro atoms. The summed E-state index contributed by atoms with van der Waals surface area (Å²) in [6, 6.07) is 9.41. The number of rotatable bonds is 4. The Labute approximate surface area is 127 Å². The number of halogens is 1. The van der Waals surface area contributed by atoms with Crippen LogP contribution >= 0.6 is 15.9 Å². The van der Waals surface area contributed by atoms with E-state index < -0.39 is 0 Å². The standard InChI is InChI=1S/C16H18BrNO2/c1-10-6-11(2)16(14(17)7-10)18-9-12-8-13(20-3)4-5-15(12)19/h4-8,18-19H,9H2,1-3H3. The third-order valence-electron chi connectivity index (χ3n) is 3.17. The molecule has 0 atom stereocenters. The lowest BCUT2D eigenvalue weighted by Crippen LogP contribution is -2.03. The second kappa shape index (κ2) is 6.18. The molecule has 0 saturated heterocycles. The average molecular weight is 336 g/mol. The molecule has 106 valence electrons. The highest BCUT2D eigenvalue weighted by molar-refractivity contribution is 9.10. The fourth-order valence-corrected chi connectivity index (χ4v) is 2.97. The van der Waals surface area contributed by atoms with E-state index in [9.17, 15) is 5.11 Å². The van der Waals surface area contributed by atoms with Gasteiger partial charge in [0.05, 0.1) is 12.8 Å². The number of anilines is 1. The van der Waals surface area contributed by atoms with Gasteiger partial charge in [-0.2, -0.15) is 0 Å². The number of benzene rings is 2. The third-order valence-corrected chi connectivity index (χ3v) is 3.80. The second-order valence-electron chi connectivity index (χ2n) is 4.79. The Balaban J connectivity index is 2.21. The van der Waals surface area contributed by atoms with Crippen LogP contribution in [0, 0.1) is 13.8 Å². The first kappa shape index (κ1) is 14.7. The van der Waals surface area contributed by atoms with Gasteiger partial charge in [-0.25, -0.2) is 0 Å². The van der Waals surface area contributed by atoms with Crippen molar-refractivity contribution < 1.29 is 9.84 Å². The molecule has 0 aliphatic rings. The molecular formula is C16H18BrNO2. The Bertz CT molecular complexity index is 603. The number of nitrogens with one attached hydrogen (secondary N) is 1. The fraction of sp³-hybridized carbons (Fsp3) is 0.250. The number of aryl methyl sites for hydroxylation is 2. The summed E-state index contributed by atoms with van der Waals surface area (Å²) in [5.74, 6) is 0.999. The molecular weight excluding hydrogens is 318 g/mol. The monoisotopic (exact) mass is 335 g/mol. The zero-order chi connectivity index (χ0) is 14.7. The number of aromatic hydroxyl groups is 1. The van der Waals surface area contributed by atoms with Gasteiger partial charge in [0.25, 0.3) is 0 Å². The van der Waals surface area contributed by atoms with E-state index in [2.05, 4.69) is 47.2 Å². The summed E-state index contributed by atoms with van der Waals surface area (Å²) >= 11 is 3.57. The minimum absolute atomic E-state index is 0.263. The summed E-state index contributed by atoms with van der Waals surface area (Å²) in [6.45, 7) is 4.66. The molecule has 2 rings (SSSR count). The van der Waals surface area contributed by atoms with Crippen LogP contribution in [0.25, 0.3) is 0 Å². The normalized spacial score (nSPS) is 10.4. The van der Waals surface area contributed by atoms with Crippen molar-refractivity contribution in [1.82, 2.24) is 0 Å². The van der Waals surface area contributed by atoms with Crippen LogP contribution in [-0.4, -0.2) is 12.2 Å². The zero-order valence-corrected chi connectivity index (χ0v) is 13.4. The van der Waals surface area contributed by atoms with Gasteiger partial charge in [-0.3, -0.25) is 0 Å². The van der Waals surface area contributed by atoms with Gasteiger partial charge < -0.3 is 15.2 Å². The molecule has 0 saturated carbocycles. The van der Waals surface area contributed by atoms with Crippen molar-refractivity contribution in [2.75, 3.05) is 12.4 Å². The molecule has 2 aromatic carbocycles. The van der Waals surface area contributed by atoms with Gasteiger partial charge in [0.1, 0.15) is 11.5 Å². The summed E-state index contributed by atoms with van der Waals surface area (Å²) < 4.78 is 6.20. The average Bonchev–Trinajstić information content (AvgIpc) is 2.39. The quantitative estimate of drug-likeness (QED) is 0.870. The second-order valence-corrected chi connectivity index (χ2v) is 5.64. The van der Waals surface area contributed by atoms with Crippen molar-refractivity contribution in [3.63, 3.8) is 0 Å². The molecule has 0 heterocycles. The molecule has 0 aliphatic heterocycles. The van der Waals surface area contributed by atoms with Crippen LogP contribution in [0.4, 0.5) is 5.69 Å². The molecule has 0 aliphatic carbocycles. The minimum Gasteiger partial charge on any atom is -0.508 e. The van der Waals surface area contributed by atoms with E-state index in [0.29, 0.717) is 6.54 Å². The van der Waals surface area contributed by atoms with E-state index in [4.69, 9.17) is 4.74 Å². The van der Waals surface area contributed by atoms with E-state index in [1.54, 1.807) is 19.2 Å². The van der Waals surface area contributed by atoms with Crippen LogP contribution in [0.2, 0.25) is 0 Å². The first-order valence-corrected chi connectivity index (χ1v) is 7.17.